The lowest BCUT2D eigenvalue weighted by atomic mass is 10.0. The Bertz CT molecular complexity index is 855. The summed E-state index contributed by atoms with van der Waals surface area (Å²) in [5, 5.41) is 31.3. The molecule has 0 bridgehead atoms. The van der Waals surface area contributed by atoms with Crippen molar-refractivity contribution in [2.24, 2.45) is 0 Å². The highest BCUT2D eigenvalue weighted by atomic mass is 19.4. The molecule has 9 heteroatoms. The van der Waals surface area contributed by atoms with Crippen LogP contribution in [0.4, 0.5) is 19.1 Å². The minimum atomic E-state index is -4.53. The van der Waals surface area contributed by atoms with E-state index < -0.39 is 23.6 Å². The molecular weight excluding hydrogens is 361 g/mol. The summed E-state index contributed by atoms with van der Waals surface area (Å²) in [6, 6.07) is 2.66. The molecule has 3 N–H and O–H groups in total. The van der Waals surface area contributed by atoms with Gasteiger partial charge in [-0.1, -0.05) is 0 Å². The van der Waals surface area contributed by atoms with Gasteiger partial charge in [-0.3, -0.25) is 0 Å². The van der Waals surface area contributed by atoms with E-state index in [1.807, 2.05) is 0 Å². The van der Waals surface area contributed by atoms with E-state index in [1.54, 1.807) is 0 Å². The molecule has 0 aliphatic heterocycles. The van der Waals surface area contributed by atoms with Gasteiger partial charge in [-0.15, -0.1) is 10.2 Å². The van der Waals surface area contributed by atoms with Gasteiger partial charge in [0.25, 0.3) is 0 Å². The Kier molecular flexibility index (Phi) is 4.41. The second-order valence-electron chi connectivity index (χ2n) is 7.12. The van der Waals surface area contributed by atoms with Crippen LogP contribution < -0.4 is 5.32 Å². The number of aliphatic hydroxyl groups is 1. The summed E-state index contributed by atoms with van der Waals surface area (Å²) >= 11 is 0. The van der Waals surface area contributed by atoms with Crippen molar-refractivity contribution in [2.75, 3.05) is 5.32 Å². The van der Waals surface area contributed by atoms with Gasteiger partial charge in [0, 0.05) is 11.5 Å². The van der Waals surface area contributed by atoms with Crippen LogP contribution >= 0.6 is 0 Å². The van der Waals surface area contributed by atoms with E-state index >= 15 is 0 Å². The first-order valence-electron chi connectivity index (χ1n) is 8.92. The average molecular weight is 380 g/mol. The highest BCUT2D eigenvalue weighted by Crippen LogP contribution is 2.45. The van der Waals surface area contributed by atoms with Crippen molar-refractivity contribution >= 4 is 5.95 Å². The third-order valence-corrected chi connectivity index (χ3v) is 5.05. The zero-order valence-corrected chi connectivity index (χ0v) is 14.4. The van der Waals surface area contributed by atoms with E-state index in [0.717, 1.165) is 38.2 Å². The number of hydrogen-bond acceptors (Lipinski definition) is 6. The molecule has 0 unspecified atom stereocenters. The van der Waals surface area contributed by atoms with Crippen LogP contribution in [0.15, 0.2) is 18.2 Å². The number of aromatic nitrogens is 3. The van der Waals surface area contributed by atoms with Gasteiger partial charge in [-0.05, 0) is 50.3 Å². The Morgan fingerprint density at radius 3 is 2.44 bits per heavy atom. The maximum absolute atomic E-state index is 12.8. The topological polar surface area (TPSA) is 91.2 Å². The number of hydrogen-bond donors (Lipinski definition) is 3. The number of anilines is 1. The highest BCUT2D eigenvalue weighted by molar-refractivity contribution is 5.70. The number of rotatable bonds is 4. The summed E-state index contributed by atoms with van der Waals surface area (Å²) in [7, 11) is 0. The minimum Gasteiger partial charge on any atom is -0.507 e. The Morgan fingerprint density at radius 1 is 1.07 bits per heavy atom. The van der Waals surface area contributed by atoms with Gasteiger partial charge < -0.3 is 15.5 Å². The summed E-state index contributed by atoms with van der Waals surface area (Å²) in [4.78, 5) is 4.49. The molecule has 1 heterocycles. The molecule has 0 spiro atoms. The molecule has 2 aliphatic rings. The fraction of sp³-hybridized carbons (Fsp3) is 0.500. The van der Waals surface area contributed by atoms with Crippen molar-refractivity contribution in [1.82, 2.24) is 15.2 Å². The van der Waals surface area contributed by atoms with Gasteiger partial charge >= 0.3 is 6.18 Å². The average Bonchev–Trinajstić information content (AvgIpc) is 3.38. The number of nitrogens with zero attached hydrogens (tertiary/aromatic N) is 3. The van der Waals surface area contributed by atoms with Crippen LogP contribution in [0.25, 0.3) is 11.3 Å². The Morgan fingerprint density at radius 2 is 1.85 bits per heavy atom. The van der Waals surface area contributed by atoms with Gasteiger partial charge in [0.05, 0.1) is 23.4 Å². The summed E-state index contributed by atoms with van der Waals surface area (Å²) in [6.07, 6.45) is -0.745. The minimum absolute atomic E-state index is 0.135. The number of nitrogens with one attached hydrogen (secondary N) is 1. The summed E-state index contributed by atoms with van der Waals surface area (Å²) in [5.74, 6) is -0.0704. The van der Waals surface area contributed by atoms with E-state index in [9.17, 15) is 23.4 Å². The summed E-state index contributed by atoms with van der Waals surface area (Å²) < 4.78 is 38.5. The predicted molar refractivity (Wildman–Crippen MR) is 91.2 cm³/mol. The second-order valence-corrected chi connectivity index (χ2v) is 7.12. The van der Waals surface area contributed by atoms with Crippen molar-refractivity contribution in [1.29, 1.82) is 0 Å². The van der Waals surface area contributed by atoms with Crippen LogP contribution in [0.2, 0.25) is 0 Å². The molecule has 4 rings (SSSR count). The van der Waals surface area contributed by atoms with Crippen molar-refractivity contribution in [3.05, 3.63) is 29.5 Å². The maximum Gasteiger partial charge on any atom is 0.416 e. The van der Waals surface area contributed by atoms with Gasteiger partial charge in [0.15, 0.2) is 0 Å². The smallest absolute Gasteiger partial charge is 0.416 e. The van der Waals surface area contributed by atoms with Crippen molar-refractivity contribution < 1.29 is 23.4 Å². The first-order chi connectivity index (χ1) is 12.8. The molecular formula is C18H19F3N4O2. The lowest BCUT2D eigenvalue weighted by molar-refractivity contribution is -0.137. The van der Waals surface area contributed by atoms with E-state index in [1.165, 1.54) is 6.07 Å². The van der Waals surface area contributed by atoms with E-state index in [4.69, 9.17) is 0 Å². The molecule has 6 nitrogen and oxygen atoms in total. The Hall–Kier alpha value is -2.42. The summed E-state index contributed by atoms with van der Waals surface area (Å²) in [6.45, 7) is 0. The van der Waals surface area contributed by atoms with Gasteiger partial charge in [-0.25, -0.2) is 4.98 Å². The lowest BCUT2D eigenvalue weighted by Gasteiger charge is -2.17. The van der Waals surface area contributed by atoms with Crippen LogP contribution in [0.1, 0.15) is 49.3 Å². The van der Waals surface area contributed by atoms with E-state index in [2.05, 4.69) is 20.5 Å². The normalized spacial score (nSPS) is 22.8. The standard InChI is InChI=1S/C18H19F3N4O2/c19-18(20,21)10-6-7-11(14(27)8-10)16-15(9-4-5-9)23-17(25-24-16)22-12-2-1-3-13(12)26/h6-9,12-13,26-27H,1-5H2,(H,22,23,25)/t12-,13-/m1/s1. The van der Waals surface area contributed by atoms with E-state index in [-0.39, 0.29) is 23.5 Å². The largest absolute Gasteiger partial charge is 0.507 e. The maximum atomic E-state index is 12.8. The molecule has 0 radical (unpaired) electrons. The number of aliphatic hydroxyl groups excluding tert-OH is 1. The fourth-order valence-corrected chi connectivity index (χ4v) is 3.42. The molecule has 144 valence electrons. The van der Waals surface area contributed by atoms with Crippen molar-refractivity contribution in [3.8, 4) is 17.0 Å². The number of aromatic hydroxyl groups is 1. The fourth-order valence-electron chi connectivity index (χ4n) is 3.42. The number of halogens is 3. The summed E-state index contributed by atoms with van der Waals surface area (Å²) in [5.41, 5.74) is 0.153. The first kappa shape index (κ1) is 18.0. The molecule has 0 saturated heterocycles. The highest BCUT2D eigenvalue weighted by Gasteiger charge is 2.34. The van der Waals surface area contributed by atoms with Gasteiger partial charge in [0.1, 0.15) is 11.4 Å². The number of benzene rings is 1. The monoisotopic (exact) mass is 380 g/mol. The van der Waals surface area contributed by atoms with Crippen LogP contribution in [0.3, 0.4) is 0 Å². The quantitative estimate of drug-likeness (QED) is 0.752. The molecule has 2 atom stereocenters. The van der Waals surface area contributed by atoms with Crippen molar-refractivity contribution in [3.63, 3.8) is 0 Å². The van der Waals surface area contributed by atoms with Crippen LogP contribution in [0, 0.1) is 0 Å². The molecule has 0 amide bonds. The number of phenols is 1. The third kappa shape index (κ3) is 3.69. The number of alkyl halides is 3. The predicted octanol–water partition coefficient (Wildman–Crippen LogP) is 3.47. The zero-order chi connectivity index (χ0) is 19.2. The molecule has 1 aromatic heterocycles. The zero-order valence-electron chi connectivity index (χ0n) is 14.4. The molecule has 2 saturated carbocycles. The SMILES string of the molecule is Oc1cc(C(F)(F)F)ccc1-c1nnc(N[C@@H]2CCC[C@H]2O)nc1C1CC1. The Balaban J connectivity index is 1.67. The third-order valence-electron chi connectivity index (χ3n) is 5.05. The Labute approximate surface area is 153 Å². The lowest BCUT2D eigenvalue weighted by Crippen LogP contribution is -2.29. The van der Waals surface area contributed by atoms with Crippen LogP contribution in [-0.4, -0.2) is 37.5 Å². The molecule has 27 heavy (non-hydrogen) atoms. The molecule has 2 fully saturated rings. The van der Waals surface area contributed by atoms with Crippen LogP contribution in [0.5, 0.6) is 5.75 Å². The van der Waals surface area contributed by atoms with Gasteiger partial charge in [-0.2, -0.15) is 13.2 Å². The van der Waals surface area contributed by atoms with Crippen molar-refractivity contribution in [2.45, 2.75) is 56.3 Å². The van der Waals surface area contributed by atoms with Gasteiger partial charge in [0.2, 0.25) is 5.95 Å². The molecule has 2 aliphatic carbocycles. The van der Waals surface area contributed by atoms with E-state index in [0.29, 0.717) is 17.5 Å². The van der Waals surface area contributed by atoms with Crippen LogP contribution in [-0.2, 0) is 6.18 Å². The first-order valence-corrected chi connectivity index (χ1v) is 8.92. The number of phenolic OH excluding ortho intramolecular Hbond substituents is 1. The second kappa shape index (κ2) is 6.63. The molecule has 1 aromatic carbocycles. The molecule has 2 aromatic rings.